The number of sulfone groups is 1. The van der Waals surface area contributed by atoms with Crippen molar-refractivity contribution >= 4 is 21.7 Å². The molecule has 0 heterocycles. The molecule has 1 atom stereocenters. The van der Waals surface area contributed by atoms with Crippen molar-refractivity contribution in [1.29, 1.82) is 0 Å². The van der Waals surface area contributed by atoms with Crippen molar-refractivity contribution in [1.82, 2.24) is 5.32 Å². The maximum absolute atomic E-state index is 11.6. The maximum Gasteiger partial charge on any atom is 0.307 e. The fraction of sp³-hybridized carbons (Fsp3) is 0.385. The molecule has 0 radical (unpaired) electrons. The molecule has 7 heteroatoms. The van der Waals surface area contributed by atoms with Gasteiger partial charge in [-0.3, -0.25) is 9.59 Å². The summed E-state index contributed by atoms with van der Waals surface area (Å²) in [7, 11) is -3.72. The lowest BCUT2D eigenvalue weighted by atomic mass is 10.2. The summed E-state index contributed by atoms with van der Waals surface area (Å²) in [6, 6.07) is 9.07. The van der Waals surface area contributed by atoms with Crippen LogP contribution in [0.5, 0.6) is 0 Å². The van der Waals surface area contributed by atoms with Crippen LogP contribution in [0.1, 0.15) is 12.5 Å². The Morgan fingerprint density at radius 2 is 1.85 bits per heavy atom. The molecule has 0 aromatic heterocycles. The molecule has 1 aromatic carbocycles. The van der Waals surface area contributed by atoms with Crippen molar-refractivity contribution in [2.45, 2.75) is 13.5 Å². The van der Waals surface area contributed by atoms with Gasteiger partial charge in [0.05, 0.1) is 11.7 Å². The fourth-order valence-electron chi connectivity index (χ4n) is 1.56. The summed E-state index contributed by atoms with van der Waals surface area (Å²) >= 11 is 0. The van der Waals surface area contributed by atoms with Gasteiger partial charge in [0.1, 0.15) is 5.75 Å². The molecule has 0 bridgehead atoms. The summed E-state index contributed by atoms with van der Waals surface area (Å²) < 4.78 is 23.3. The van der Waals surface area contributed by atoms with E-state index in [9.17, 15) is 18.0 Å². The fourth-order valence-corrected chi connectivity index (χ4v) is 3.08. The molecule has 0 fully saturated rings. The highest BCUT2D eigenvalue weighted by atomic mass is 32.2. The van der Waals surface area contributed by atoms with E-state index in [0.717, 1.165) is 5.56 Å². The van der Waals surface area contributed by atoms with Gasteiger partial charge in [-0.15, -0.1) is 0 Å². The van der Waals surface area contributed by atoms with Gasteiger partial charge in [0.25, 0.3) is 0 Å². The van der Waals surface area contributed by atoms with E-state index in [0.29, 0.717) is 0 Å². The van der Waals surface area contributed by atoms with Crippen LogP contribution in [-0.2, 0) is 26.0 Å². The summed E-state index contributed by atoms with van der Waals surface area (Å²) in [5, 5.41) is 11.2. The Labute approximate surface area is 117 Å². The number of carbonyl (C=O) groups is 2. The number of carboxylic acid groups (broad SMARTS) is 1. The minimum atomic E-state index is -3.72. The highest BCUT2D eigenvalue weighted by molar-refractivity contribution is 7.92. The first kappa shape index (κ1) is 16.2. The second-order valence-electron chi connectivity index (χ2n) is 4.56. The van der Waals surface area contributed by atoms with Crippen LogP contribution >= 0.6 is 0 Å². The van der Waals surface area contributed by atoms with Crippen molar-refractivity contribution in [3.05, 3.63) is 35.9 Å². The predicted molar refractivity (Wildman–Crippen MR) is 73.7 cm³/mol. The number of nitrogens with one attached hydrogen (secondary N) is 1. The molecule has 6 nitrogen and oxygen atoms in total. The molecule has 1 rings (SSSR count). The topological polar surface area (TPSA) is 101 Å². The molecular formula is C13H17NO5S. The Kier molecular flexibility index (Phi) is 5.69. The minimum absolute atomic E-state index is 0.240. The van der Waals surface area contributed by atoms with Crippen LogP contribution in [0.4, 0.5) is 0 Å². The maximum atomic E-state index is 11.6. The number of carbonyl (C=O) groups excluding carboxylic acids is 1. The molecule has 110 valence electrons. The number of carboxylic acids is 1. The zero-order chi connectivity index (χ0) is 15.2. The van der Waals surface area contributed by atoms with E-state index in [-0.39, 0.29) is 6.54 Å². The molecule has 2 N–H and O–H groups in total. The van der Waals surface area contributed by atoms with Crippen LogP contribution in [0.25, 0.3) is 0 Å². The SMILES string of the molecule is CC(CS(=O)(=O)CC(=O)NCc1ccccc1)C(=O)O. The third-order valence-electron chi connectivity index (χ3n) is 2.61. The Balaban J connectivity index is 2.47. The van der Waals surface area contributed by atoms with Crippen molar-refractivity contribution in [2.75, 3.05) is 11.5 Å². The van der Waals surface area contributed by atoms with Gasteiger partial charge >= 0.3 is 5.97 Å². The van der Waals surface area contributed by atoms with E-state index in [1.54, 1.807) is 12.1 Å². The second-order valence-corrected chi connectivity index (χ2v) is 6.67. The zero-order valence-corrected chi connectivity index (χ0v) is 11.9. The van der Waals surface area contributed by atoms with Crippen molar-refractivity contribution in [2.24, 2.45) is 5.92 Å². The molecule has 0 saturated heterocycles. The number of rotatable bonds is 7. The number of benzene rings is 1. The van der Waals surface area contributed by atoms with Gasteiger partial charge in [0.2, 0.25) is 5.91 Å². The molecule has 1 unspecified atom stereocenters. The van der Waals surface area contributed by atoms with Crippen LogP contribution in [0.15, 0.2) is 30.3 Å². The Hall–Kier alpha value is -1.89. The Bertz CT molecular complexity index is 568. The lowest BCUT2D eigenvalue weighted by Crippen LogP contribution is -2.33. The van der Waals surface area contributed by atoms with E-state index in [2.05, 4.69) is 5.32 Å². The number of aliphatic carboxylic acids is 1. The highest BCUT2D eigenvalue weighted by Gasteiger charge is 2.23. The van der Waals surface area contributed by atoms with E-state index >= 15 is 0 Å². The van der Waals surface area contributed by atoms with Gasteiger partial charge < -0.3 is 10.4 Å². The molecule has 1 amide bonds. The largest absolute Gasteiger partial charge is 0.481 e. The van der Waals surface area contributed by atoms with Gasteiger partial charge in [-0.05, 0) is 5.56 Å². The van der Waals surface area contributed by atoms with Crippen molar-refractivity contribution in [3.8, 4) is 0 Å². The first-order valence-corrected chi connectivity index (χ1v) is 7.86. The van der Waals surface area contributed by atoms with E-state index in [4.69, 9.17) is 5.11 Å². The summed E-state index contributed by atoms with van der Waals surface area (Å²) in [6.45, 7) is 1.53. The van der Waals surface area contributed by atoms with Gasteiger partial charge in [0.15, 0.2) is 9.84 Å². The number of amides is 1. The summed E-state index contributed by atoms with van der Waals surface area (Å²) in [5.41, 5.74) is 0.858. The molecule has 0 spiro atoms. The minimum Gasteiger partial charge on any atom is -0.481 e. The van der Waals surface area contributed by atoms with E-state index in [1.165, 1.54) is 6.92 Å². The Morgan fingerprint density at radius 1 is 1.25 bits per heavy atom. The molecule has 20 heavy (non-hydrogen) atoms. The zero-order valence-electron chi connectivity index (χ0n) is 11.1. The molecule has 0 saturated carbocycles. The molecule has 0 aliphatic carbocycles. The van der Waals surface area contributed by atoms with Gasteiger partial charge in [0, 0.05) is 6.54 Å². The van der Waals surface area contributed by atoms with E-state index < -0.39 is 39.1 Å². The molecule has 1 aromatic rings. The normalized spacial score (nSPS) is 12.7. The van der Waals surface area contributed by atoms with Gasteiger partial charge in [-0.2, -0.15) is 0 Å². The Morgan fingerprint density at radius 3 is 2.40 bits per heavy atom. The van der Waals surface area contributed by atoms with Crippen LogP contribution in [-0.4, -0.2) is 36.9 Å². The molecular weight excluding hydrogens is 282 g/mol. The lowest BCUT2D eigenvalue weighted by molar-refractivity contribution is -0.140. The van der Waals surface area contributed by atoms with Gasteiger partial charge in [-0.1, -0.05) is 37.3 Å². The third-order valence-corrected chi connectivity index (χ3v) is 4.32. The summed E-state index contributed by atoms with van der Waals surface area (Å²) in [6.07, 6.45) is 0. The summed E-state index contributed by atoms with van der Waals surface area (Å²) in [4.78, 5) is 22.2. The number of hydrogen-bond donors (Lipinski definition) is 2. The van der Waals surface area contributed by atoms with Crippen molar-refractivity contribution < 1.29 is 23.1 Å². The van der Waals surface area contributed by atoms with Crippen LogP contribution < -0.4 is 5.32 Å². The predicted octanol–water partition coefficient (Wildman–Crippen LogP) is 0.438. The monoisotopic (exact) mass is 299 g/mol. The first-order valence-electron chi connectivity index (χ1n) is 6.04. The lowest BCUT2D eigenvalue weighted by Gasteiger charge is -2.08. The second kappa shape index (κ2) is 7.04. The van der Waals surface area contributed by atoms with Crippen LogP contribution in [0, 0.1) is 5.92 Å². The highest BCUT2D eigenvalue weighted by Crippen LogP contribution is 2.03. The third kappa shape index (κ3) is 5.83. The van der Waals surface area contributed by atoms with Crippen molar-refractivity contribution in [3.63, 3.8) is 0 Å². The summed E-state index contributed by atoms with van der Waals surface area (Å²) in [5.74, 6) is -4.09. The van der Waals surface area contributed by atoms with E-state index in [1.807, 2.05) is 18.2 Å². The average Bonchev–Trinajstić information content (AvgIpc) is 2.36. The molecule has 0 aliphatic heterocycles. The van der Waals surface area contributed by atoms with Crippen LogP contribution in [0.2, 0.25) is 0 Å². The standard InChI is InChI=1S/C13H17NO5S/c1-10(13(16)17)8-20(18,19)9-12(15)14-7-11-5-3-2-4-6-11/h2-6,10H,7-9H2,1H3,(H,14,15)(H,16,17). The number of hydrogen-bond acceptors (Lipinski definition) is 4. The average molecular weight is 299 g/mol. The quantitative estimate of drug-likeness (QED) is 0.761. The van der Waals surface area contributed by atoms with Crippen LogP contribution in [0.3, 0.4) is 0 Å². The smallest absolute Gasteiger partial charge is 0.307 e. The van der Waals surface area contributed by atoms with Gasteiger partial charge in [-0.25, -0.2) is 8.42 Å². The molecule has 0 aliphatic rings. The first-order chi connectivity index (χ1) is 9.30.